The quantitative estimate of drug-likeness (QED) is 0.630. The molecule has 2 aliphatic rings. The molecular formula is C24H25N3O3S. The third kappa shape index (κ3) is 3.79. The van der Waals surface area contributed by atoms with Gasteiger partial charge in [0.15, 0.2) is 0 Å². The Labute approximate surface area is 185 Å². The molecule has 0 radical (unpaired) electrons. The van der Waals surface area contributed by atoms with Crippen molar-refractivity contribution < 1.29 is 9.53 Å². The van der Waals surface area contributed by atoms with Gasteiger partial charge in [-0.15, -0.1) is 11.3 Å². The topological polar surface area (TPSA) is 54.8 Å². The Morgan fingerprint density at radius 2 is 1.84 bits per heavy atom. The normalized spacial score (nSPS) is 16.0. The van der Waals surface area contributed by atoms with Crippen molar-refractivity contribution in [2.45, 2.75) is 19.6 Å². The lowest BCUT2D eigenvalue weighted by molar-refractivity contribution is 0.0769. The van der Waals surface area contributed by atoms with Gasteiger partial charge in [0.05, 0.1) is 10.6 Å². The summed E-state index contributed by atoms with van der Waals surface area (Å²) in [6, 6.07) is 13.7. The molecule has 0 aliphatic carbocycles. The lowest BCUT2D eigenvalue weighted by Crippen LogP contribution is -2.47. The molecule has 1 amide bonds. The van der Waals surface area contributed by atoms with Gasteiger partial charge >= 0.3 is 6.09 Å². The standard InChI is InChI=1S/C24H25N3O3S/c1-25-10-12-26(13-11-25)24(29)30-16-19-15-20(17-5-3-2-4-6-17)23(28)27-9-7-18-8-14-31-22(18)21(19)27/h2-6,8,14-15H,7,9-13,16H2,1H3. The molecule has 0 atom stereocenters. The second kappa shape index (κ2) is 8.32. The summed E-state index contributed by atoms with van der Waals surface area (Å²) >= 11 is 1.64. The number of aryl methyl sites for hydroxylation is 1. The Morgan fingerprint density at radius 1 is 1.06 bits per heavy atom. The van der Waals surface area contributed by atoms with Crippen LogP contribution >= 0.6 is 11.3 Å². The molecule has 31 heavy (non-hydrogen) atoms. The number of rotatable bonds is 3. The van der Waals surface area contributed by atoms with E-state index in [-0.39, 0.29) is 18.3 Å². The summed E-state index contributed by atoms with van der Waals surface area (Å²) in [7, 11) is 2.06. The average molecular weight is 436 g/mol. The summed E-state index contributed by atoms with van der Waals surface area (Å²) in [5.41, 5.74) is 4.57. The van der Waals surface area contributed by atoms with Gasteiger partial charge in [0.2, 0.25) is 0 Å². The molecule has 6 nitrogen and oxygen atoms in total. The monoisotopic (exact) mass is 435 g/mol. The summed E-state index contributed by atoms with van der Waals surface area (Å²) in [6.07, 6.45) is 0.548. The maximum Gasteiger partial charge on any atom is 0.410 e. The van der Waals surface area contributed by atoms with Gasteiger partial charge in [-0.05, 0) is 42.1 Å². The number of pyridine rings is 1. The van der Waals surface area contributed by atoms with E-state index in [2.05, 4.69) is 23.4 Å². The predicted octanol–water partition coefficient (Wildman–Crippen LogP) is 3.68. The summed E-state index contributed by atoms with van der Waals surface area (Å²) in [5, 5.41) is 2.07. The van der Waals surface area contributed by atoms with Crippen LogP contribution < -0.4 is 5.56 Å². The van der Waals surface area contributed by atoms with Crippen LogP contribution in [0.3, 0.4) is 0 Å². The molecule has 0 N–H and O–H groups in total. The molecule has 3 aromatic rings. The van der Waals surface area contributed by atoms with Gasteiger partial charge < -0.3 is 19.1 Å². The number of benzene rings is 1. The van der Waals surface area contributed by atoms with Gasteiger partial charge in [0.1, 0.15) is 6.61 Å². The lowest BCUT2D eigenvalue weighted by Gasteiger charge is -2.31. The zero-order valence-corrected chi connectivity index (χ0v) is 18.4. The highest BCUT2D eigenvalue weighted by molar-refractivity contribution is 7.13. The minimum absolute atomic E-state index is 0.00870. The number of fused-ring (bicyclic) bond motifs is 3. The number of amides is 1. The van der Waals surface area contributed by atoms with Crippen molar-refractivity contribution in [3.63, 3.8) is 0 Å². The van der Waals surface area contributed by atoms with E-state index in [1.165, 1.54) is 5.56 Å². The van der Waals surface area contributed by atoms with E-state index < -0.39 is 0 Å². The molecule has 0 bridgehead atoms. The lowest BCUT2D eigenvalue weighted by atomic mass is 9.98. The molecule has 7 heteroatoms. The largest absolute Gasteiger partial charge is 0.444 e. The molecule has 0 unspecified atom stereocenters. The highest BCUT2D eigenvalue weighted by Crippen LogP contribution is 2.37. The Bertz CT molecular complexity index is 1160. The molecular weight excluding hydrogens is 410 g/mol. The molecule has 160 valence electrons. The summed E-state index contributed by atoms with van der Waals surface area (Å²) in [5.74, 6) is 0. The molecule has 0 spiro atoms. The van der Waals surface area contributed by atoms with Gasteiger partial charge in [-0.2, -0.15) is 0 Å². The third-order valence-corrected chi connectivity index (χ3v) is 7.10. The fraction of sp³-hybridized carbons (Fsp3) is 0.333. The fourth-order valence-electron chi connectivity index (χ4n) is 4.33. The van der Waals surface area contributed by atoms with Crippen molar-refractivity contribution in [3.8, 4) is 21.7 Å². The molecule has 2 aliphatic heterocycles. The Kier molecular flexibility index (Phi) is 5.38. The van der Waals surface area contributed by atoms with Crippen LogP contribution in [0.2, 0.25) is 0 Å². The van der Waals surface area contributed by atoms with E-state index in [0.717, 1.165) is 41.2 Å². The van der Waals surface area contributed by atoms with Crippen molar-refractivity contribution in [1.82, 2.24) is 14.4 Å². The van der Waals surface area contributed by atoms with Crippen molar-refractivity contribution >= 4 is 17.4 Å². The molecule has 4 heterocycles. The molecule has 0 saturated carbocycles. The highest BCUT2D eigenvalue weighted by atomic mass is 32.1. The molecule has 1 aromatic carbocycles. The van der Waals surface area contributed by atoms with E-state index in [9.17, 15) is 9.59 Å². The minimum Gasteiger partial charge on any atom is -0.444 e. The van der Waals surface area contributed by atoms with Crippen LogP contribution in [0.15, 0.2) is 52.6 Å². The first-order valence-corrected chi connectivity index (χ1v) is 11.5. The summed E-state index contributed by atoms with van der Waals surface area (Å²) in [4.78, 5) is 31.1. The zero-order chi connectivity index (χ0) is 21.4. The first-order valence-electron chi connectivity index (χ1n) is 10.6. The van der Waals surface area contributed by atoms with Crippen LogP contribution in [0, 0.1) is 0 Å². The van der Waals surface area contributed by atoms with Gasteiger partial charge in [-0.25, -0.2) is 4.79 Å². The molecule has 2 aromatic heterocycles. The number of nitrogens with zero attached hydrogens (tertiary/aromatic N) is 3. The van der Waals surface area contributed by atoms with E-state index in [4.69, 9.17) is 4.74 Å². The van der Waals surface area contributed by atoms with E-state index in [1.54, 1.807) is 16.2 Å². The second-order valence-corrected chi connectivity index (χ2v) is 9.04. The number of likely N-dealkylation sites (N-methyl/N-ethyl adjacent to an activating group) is 1. The highest BCUT2D eigenvalue weighted by Gasteiger charge is 2.26. The average Bonchev–Trinajstić information content (AvgIpc) is 3.28. The van der Waals surface area contributed by atoms with Crippen LogP contribution in [0.25, 0.3) is 21.7 Å². The maximum atomic E-state index is 13.4. The van der Waals surface area contributed by atoms with Crippen molar-refractivity contribution in [2.24, 2.45) is 0 Å². The van der Waals surface area contributed by atoms with E-state index in [1.807, 2.05) is 41.0 Å². The number of thiophene rings is 1. The van der Waals surface area contributed by atoms with Gasteiger partial charge in [0, 0.05) is 43.9 Å². The molecule has 1 saturated heterocycles. The van der Waals surface area contributed by atoms with Crippen molar-refractivity contribution in [3.05, 3.63) is 69.3 Å². The Morgan fingerprint density at radius 3 is 2.61 bits per heavy atom. The number of carbonyl (C=O) groups excluding carboxylic acids is 1. The third-order valence-electron chi connectivity index (χ3n) is 6.13. The predicted molar refractivity (Wildman–Crippen MR) is 122 cm³/mol. The first kappa shape index (κ1) is 20.0. The Hall–Kier alpha value is -2.90. The minimum atomic E-state index is -0.290. The second-order valence-electron chi connectivity index (χ2n) is 8.12. The number of hydrogen-bond acceptors (Lipinski definition) is 5. The maximum absolute atomic E-state index is 13.4. The number of hydrogen-bond donors (Lipinski definition) is 0. The van der Waals surface area contributed by atoms with Crippen LogP contribution in [-0.4, -0.2) is 53.7 Å². The van der Waals surface area contributed by atoms with Crippen LogP contribution in [0.5, 0.6) is 0 Å². The van der Waals surface area contributed by atoms with E-state index in [0.29, 0.717) is 25.2 Å². The smallest absolute Gasteiger partial charge is 0.410 e. The SMILES string of the molecule is CN1CCN(C(=O)OCc2cc(-c3ccccc3)c(=O)n3c2-c2sccc2CC3)CC1. The van der Waals surface area contributed by atoms with Crippen molar-refractivity contribution in [1.29, 1.82) is 0 Å². The number of carbonyl (C=O) groups is 1. The first-order chi connectivity index (χ1) is 15.1. The fourth-order valence-corrected chi connectivity index (χ4v) is 5.38. The van der Waals surface area contributed by atoms with Crippen molar-refractivity contribution in [2.75, 3.05) is 33.2 Å². The number of ether oxygens (including phenoxy) is 1. The van der Waals surface area contributed by atoms with Crippen LogP contribution in [0.1, 0.15) is 11.1 Å². The summed E-state index contributed by atoms with van der Waals surface area (Å²) < 4.78 is 7.61. The zero-order valence-electron chi connectivity index (χ0n) is 17.5. The van der Waals surface area contributed by atoms with Crippen LogP contribution in [0.4, 0.5) is 4.79 Å². The van der Waals surface area contributed by atoms with Gasteiger partial charge in [-0.1, -0.05) is 30.3 Å². The van der Waals surface area contributed by atoms with Gasteiger partial charge in [0.25, 0.3) is 5.56 Å². The molecule has 1 fully saturated rings. The van der Waals surface area contributed by atoms with Crippen LogP contribution in [-0.2, 0) is 24.3 Å². The molecule has 5 rings (SSSR count). The Balaban J connectivity index is 1.51. The van der Waals surface area contributed by atoms with Gasteiger partial charge in [-0.3, -0.25) is 4.79 Å². The number of piperazine rings is 1. The summed E-state index contributed by atoms with van der Waals surface area (Å²) in [6.45, 7) is 3.83. The number of aromatic nitrogens is 1. The van der Waals surface area contributed by atoms with E-state index >= 15 is 0 Å².